The lowest BCUT2D eigenvalue weighted by molar-refractivity contribution is -0.141. The normalized spacial score (nSPS) is 17.8. The van der Waals surface area contributed by atoms with Gasteiger partial charge >= 0.3 is 6.18 Å². The summed E-state index contributed by atoms with van der Waals surface area (Å²) in [5, 5.41) is 2.75. The minimum atomic E-state index is -4.43. The van der Waals surface area contributed by atoms with E-state index in [0.717, 1.165) is 6.20 Å². The van der Waals surface area contributed by atoms with Gasteiger partial charge in [0.15, 0.2) is 17.8 Å². The number of halogens is 3. The van der Waals surface area contributed by atoms with Crippen LogP contribution in [0.15, 0.2) is 17.0 Å². The Morgan fingerprint density at radius 3 is 2.96 bits per heavy atom. The SMILES string of the molecule is Cc1ocnc1C(=O)NC[C@@H]1CCc2nc(C(F)(F)F)cn2C1. The number of amides is 1. The number of nitrogens with zero attached hydrogens (tertiary/aromatic N) is 3. The maximum atomic E-state index is 12.7. The lowest BCUT2D eigenvalue weighted by atomic mass is 9.99. The zero-order valence-electron chi connectivity index (χ0n) is 12.4. The molecule has 0 fully saturated rings. The number of oxazole rings is 1. The van der Waals surface area contributed by atoms with Crippen LogP contribution < -0.4 is 5.32 Å². The number of rotatable bonds is 3. The number of imidazole rings is 1. The Morgan fingerprint density at radius 1 is 1.52 bits per heavy atom. The molecule has 2 aromatic rings. The van der Waals surface area contributed by atoms with Crippen molar-refractivity contribution in [1.29, 1.82) is 0 Å². The summed E-state index contributed by atoms with van der Waals surface area (Å²) in [4.78, 5) is 19.4. The molecule has 3 heterocycles. The Morgan fingerprint density at radius 2 is 2.30 bits per heavy atom. The Balaban J connectivity index is 1.61. The van der Waals surface area contributed by atoms with Crippen molar-refractivity contribution in [2.45, 2.75) is 32.5 Å². The second-order valence-electron chi connectivity index (χ2n) is 5.56. The zero-order chi connectivity index (χ0) is 16.6. The first-order chi connectivity index (χ1) is 10.8. The predicted octanol–water partition coefficient (Wildman–Crippen LogP) is 2.19. The van der Waals surface area contributed by atoms with Gasteiger partial charge in [0, 0.05) is 25.7 Å². The second kappa shape index (κ2) is 5.71. The number of carbonyl (C=O) groups excluding carboxylic acids is 1. The fraction of sp³-hybridized carbons (Fsp3) is 0.500. The molecule has 124 valence electrons. The standard InChI is InChI=1S/C14H15F3N4O2/c1-8-12(19-7-23-8)13(22)18-4-9-2-3-11-20-10(14(15,16)17)6-21(11)5-9/h6-7,9H,2-5H2,1H3,(H,18,22)/t9-/m0/s1. The molecule has 1 N–H and O–H groups in total. The highest BCUT2D eigenvalue weighted by atomic mass is 19.4. The largest absolute Gasteiger partial charge is 0.448 e. The molecule has 1 amide bonds. The van der Waals surface area contributed by atoms with Crippen LogP contribution in [0.3, 0.4) is 0 Å². The van der Waals surface area contributed by atoms with Crippen molar-refractivity contribution < 1.29 is 22.4 Å². The number of aromatic nitrogens is 3. The van der Waals surface area contributed by atoms with Crippen LogP contribution in [0.25, 0.3) is 0 Å². The molecule has 1 aliphatic heterocycles. The van der Waals surface area contributed by atoms with Crippen molar-refractivity contribution in [3.05, 3.63) is 35.6 Å². The number of hydrogen-bond acceptors (Lipinski definition) is 4. The molecule has 0 aliphatic carbocycles. The number of alkyl halides is 3. The van der Waals surface area contributed by atoms with E-state index in [0.29, 0.717) is 37.5 Å². The van der Waals surface area contributed by atoms with Crippen molar-refractivity contribution in [3.63, 3.8) is 0 Å². The van der Waals surface area contributed by atoms with Crippen LogP contribution in [0.5, 0.6) is 0 Å². The van der Waals surface area contributed by atoms with Crippen molar-refractivity contribution in [2.24, 2.45) is 5.92 Å². The van der Waals surface area contributed by atoms with E-state index in [1.165, 1.54) is 11.0 Å². The summed E-state index contributed by atoms with van der Waals surface area (Å²) in [6, 6.07) is 0. The van der Waals surface area contributed by atoms with Gasteiger partial charge in [0.05, 0.1) is 0 Å². The summed E-state index contributed by atoms with van der Waals surface area (Å²) >= 11 is 0. The van der Waals surface area contributed by atoms with Crippen molar-refractivity contribution >= 4 is 5.91 Å². The van der Waals surface area contributed by atoms with E-state index < -0.39 is 11.9 Å². The Bertz CT molecular complexity index is 720. The summed E-state index contributed by atoms with van der Waals surface area (Å²) in [7, 11) is 0. The van der Waals surface area contributed by atoms with Gasteiger partial charge in [0.1, 0.15) is 11.6 Å². The van der Waals surface area contributed by atoms with E-state index in [4.69, 9.17) is 4.42 Å². The lowest BCUT2D eigenvalue weighted by Gasteiger charge is -2.23. The molecule has 0 bridgehead atoms. The molecule has 1 aliphatic rings. The van der Waals surface area contributed by atoms with Crippen molar-refractivity contribution in [2.75, 3.05) is 6.54 Å². The molecular weight excluding hydrogens is 313 g/mol. The third-order valence-corrected chi connectivity index (χ3v) is 3.89. The third-order valence-electron chi connectivity index (χ3n) is 3.89. The maximum Gasteiger partial charge on any atom is 0.434 e. The Kier molecular flexibility index (Phi) is 3.87. The lowest BCUT2D eigenvalue weighted by Crippen LogP contribution is -2.34. The van der Waals surface area contributed by atoms with E-state index in [2.05, 4.69) is 15.3 Å². The maximum absolute atomic E-state index is 12.7. The molecule has 0 spiro atoms. The van der Waals surface area contributed by atoms with Crippen LogP contribution in [-0.4, -0.2) is 27.0 Å². The van der Waals surface area contributed by atoms with Gasteiger partial charge in [-0.25, -0.2) is 9.97 Å². The summed E-state index contributed by atoms with van der Waals surface area (Å²) in [5.41, 5.74) is -0.640. The molecule has 1 atom stereocenters. The van der Waals surface area contributed by atoms with E-state index in [-0.39, 0.29) is 17.5 Å². The van der Waals surface area contributed by atoms with Gasteiger partial charge < -0.3 is 14.3 Å². The first-order valence-corrected chi connectivity index (χ1v) is 7.16. The molecular formula is C14H15F3N4O2. The van der Waals surface area contributed by atoms with Gasteiger partial charge in [-0.05, 0) is 19.3 Å². The number of hydrogen-bond donors (Lipinski definition) is 1. The van der Waals surface area contributed by atoms with Gasteiger partial charge in [-0.3, -0.25) is 4.79 Å². The number of carbonyl (C=O) groups is 1. The minimum absolute atomic E-state index is 0.0499. The molecule has 23 heavy (non-hydrogen) atoms. The average Bonchev–Trinajstić information content (AvgIpc) is 3.09. The van der Waals surface area contributed by atoms with Gasteiger partial charge in [-0.1, -0.05) is 0 Å². The van der Waals surface area contributed by atoms with Gasteiger partial charge in [-0.2, -0.15) is 13.2 Å². The number of fused-ring (bicyclic) bond motifs is 1. The molecule has 6 nitrogen and oxygen atoms in total. The number of nitrogens with one attached hydrogen (secondary N) is 1. The van der Waals surface area contributed by atoms with Crippen LogP contribution in [0.4, 0.5) is 13.2 Å². The molecule has 3 rings (SSSR count). The molecule has 0 saturated heterocycles. The van der Waals surface area contributed by atoms with Crippen molar-refractivity contribution in [3.8, 4) is 0 Å². The summed E-state index contributed by atoms with van der Waals surface area (Å²) < 4.78 is 44.5. The topological polar surface area (TPSA) is 73.0 Å². The first-order valence-electron chi connectivity index (χ1n) is 7.16. The highest BCUT2D eigenvalue weighted by molar-refractivity contribution is 5.92. The molecule has 2 aromatic heterocycles. The van der Waals surface area contributed by atoms with Crippen LogP contribution in [0, 0.1) is 12.8 Å². The highest BCUT2D eigenvalue weighted by Gasteiger charge is 2.35. The average molecular weight is 328 g/mol. The number of aryl methyl sites for hydroxylation is 2. The fourth-order valence-corrected chi connectivity index (χ4v) is 2.66. The van der Waals surface area contributed by atoms with Crippen LogP contribution >= 0.6 is 0 Å². The first kappa shape index (κ1) is 15.6. The van der Waals surface area contributed by atoms with E-state index in [1.807, 2.05) is 0 Å². The summed E-state index contributed by atoms with van der Waals surface area (Å²) in [6.07, 6.45) is -1.07. The molecule has 0 saturated carbocycles. The van der Waals surface area contributed by atoms with E-state index in [9.17, 15) is 18.0 Å². The molecule has 0 radical (unpaired) electrons. The predicted molar refractivity (Wildman–Crippen MR) is 72.6 cm³/mol. The smallest absolute Gasteiger partial charge is 0.434 e. The van der Waals surface area contributed by atoms with Gasteiger partial charge in [0.2, 0.25) is 0 Å². The monoisotopic (exact) mass is 328 g/mol. The van der Waals surface area contributed by atoms with Crippen LogP contribution in [-0.2, 0) is 19.1 Å². The molecule has 0 aromatic carbocycles. The molecule has 0 unspecified atom stereocenters. The minimum Gasteiger partial charge on any atom is -0.448 e. The highest BCUT2D eigenvalue weighted by Crippen LogP contribution is 2.30. The third kappa shape index (κ3) is 3.22. The molecule has 9 heteroatoms. The zero-order valence-corrected chi connectivity index (χ0v) is 12.4. The van der Waals surface area contributed by atoms with Crippen LogP contribution in [0.2, 0.25) is 0 Å². The van der Waals surface area contributed by atoms with Gasteiger partial charge in [-0.15, -0.1) is 0 Å². The second-order valence-corrected chi connectivity index (χ2v) is 5.56. The summed E-state index contributed by atoms with van der Waals surface area (Å²) in [6.45, 7) is 2.40. The van der Waals surface area contributed by atoms with E-state index in [1.54, 1.807) is 6.92 Å². The van der Waals surface area contributed by atoms with Crippen LogP contribution in [0.1, 0.15) is 34.2 Å². The fourth-order valence-electron chi connectivity index (χ4n) is 2.66. The van der Waals surface area contributed by atoms with Gasteiger partial charge in [0.25, 0.3) is 5.91 Å². The summed E-state index contributed by atoms with van der Waals surface area (Å²) in [5.74, 6) is 0.572. The van der Waals surface area contributed by atoms with E-state index >= 15 is 0 Å². The Hall–Kier alpha value is -2.32. The van der Waals surface area contributed by atoms with Crippen molar-refractivity contribution in [1.82, 2.24) is 19.9 Å². The Labute approximate surface area is 129 Å². The quantitative estimate of drug-likeness (QED) is 0.937.